The second-order valence-electron chi connectivity index (χ2n) is 3.49. The Labute approximate surface area is 82.0 Å². The van der Waals surface area contributed by atoms with E-state index in [-0.39, 0.29) is 11.0 Å². The van der Waals surface area contributed by atoms with Gasteiger partial charge in [-0.05, 0) is 11.7 Å². The summed E-state index contributed by atoms with van der Waals surface area (Å²) in [5.41, 5.74) is -0.586. The molecule has 0 fully saturated rings. The van der Waals surface area contributed by atoms with E-state index in [0.29, 0.717) is 5.92 Å². The number of halogens is 3. The summed E-state index contributed by atoms with van der Waals surface area (Å²) < 4.78 is 36.2. The Morgan fingerprint density at radius 3 is 2.08 bits per heavy atom. The minimum absolute atomic E-state index is 0.00282. The predicted octanol–water partition coefficient (Wildman–Crippen LogP) is 3.71. The van der Waals surface area contributed by atoms with Crippen molar-refractivity contribution >= 4 is 18.7 Å². The van der Waals surface area contributed by atoms with E-state index in [1.54, 1.807) is 0 Å². The quantitative estimate of drug-likeness (QED) is 0.624. The fourth-order valence-corrected chi connectivity index (χ4v) is 1.58. The third-order valence-electron chi connectivity index (χ3n) is 1.93. The van der Waals surface area contributed by atoms with Crippen molar-refractivity contribution in [3.63, 3.8) is 0 Å². The summed E-state index contributed by atoms with van der Waals surface area (Å²) in [5.74, 6) is 0.404. The Bertz CT molecular complexity index is 177. The molecular formula is C8H15BF3S-. The molecule has 0 aromatic heterocycles. The molecule has 0 saturated carbocycles. The molecular weight excluding hydrogens is 196 g/mol. The van der Waals surface area contributed by atoms with Crippen LogP contribution in [0, 0.1) is 5.92 Å². The van der Waals surface area contributed by atoms with Crippen molar-refractivity contribution in [1.82, 2.24) is 0 Å². The zero-order chi connectivity index (χ0) is 10.6. The molecule has 0 aliphatic rings. The lowest BCUT2D eigenvalue weighted by Crippen LogP contribution is -2.21. The molecule has 1 unspecified atom stereocenters. The Kier molecular flexibility index (Phi) is 4.96. The lowest BCUT2D eigenvalue weighted by atomic mass is 9.82. The van der Waals surface area contributed by atoms with Crippen LogP contribution in [0.15, 0.2) is 12.1 Å². The highest BCUT2D eigenvalue weighted by molar-refractivity contribution is 8.00. The second kappa shape index (κ2) is 4.98. The van der Waals surface area contributed by atoms with Crippen molar-refractivity contribution < 1.29 is 12.9 Å². The molecule has 0 N–H and O–H groups in total. The van der Waals surface area contributed by atoms with Gasteiger partial charge in [-0.25, -0.2) is 0 Å². The standard InChI is InChI=1S/C8H15BF3S/c1-6(2)8(4)13-5-7(3)9(10,11)12/h6,8H,3,5H2,1-2,4H3/q-1. The molecule has 0 aromatic carbocycles. The van der Waals surface area contributed by atoms with Gasteiger partial charge in [0.15, 0.2) is 0 Å². The molecule has 13 heavy (non-hydrogen) atoms. The fourth-order valence-electron chi connectivity index (χ4n) is 0.525. The topological polar surface area (TPSA) is 0 Å². The number of thioether (sulfide) groups is 1. The molecule has 0 aliphatic heterocycles. The SMILES string of the molecule is C=C(CSC(C)C(C)C)[B-](F)(F)F. The Hall–Kier alpha value is -0.0551. The lowest BCUT2D eigenvalue weighted by Gasteiger charge is -2.21. The normalized spacial score (nSPS) is 14.7. The molecule has 78 valence electrons. The van der Waals surface area contributed by atoms with Crippen LogP contribution in [0.1, 0.15) is 20.8 Å². The van der Waals surface area contributed by atoms with Crippen LogP contribution < -0.4 is 0 Å². The lowest BCUT2D eigenvalue weighted by molar-refractivity contribution is 0.491. The summed E-state index contributed by atoms with van der Waals surface area (Å²) in [6.45, 7) is 4.14. The van der Waals surface area contributed by atoms with Crippen molar-refractivity contribution in [2.45, 2.75) is 26.0 Å². The van der Waals surface area contributed by atoms with Crippen LogP contribution in [0.4, 0.5) is 12.9 Å². The maximum absolute atomic E-state index is 12.1. The first-order chi connectivity index (χ1) is 5.75. The number of hydrogen-bond donors (Lipinski definition) is 0. The van der Waals surface area contributed by atoms with Crippen molar-refractivity contribution in [2.24, 2.45) is 5.92 Å². The van der Waals surface area contributed by atoms with Crippen LogP contribution in [0.5, 0.6) is 0 Å². The highest BCUT2D eigenvalue weighted by Crippen LogP contribution is 2.26. The molecule has 0 heterocycles. The molecule has 0 bridgehead atoms. The molecule has 0 saturated heterocycles. The van der Waals surface area contributed by atoms with Gasteiger partial charge in [-0.1, -0.05) is 20.8 Å². The van der Waals surface area contributed by atoms with Crippen LogP contribution >= 0.6 is 11.8 Å². The summed E-state index contributed by atoms with van der Waals surface area (Å²) >= 11 is 1.32. The maximum Gasteiger partial charge on any atom is 0.505 e. The van der Waals surface area contributed by atoms with E-state index in [1.807, 2.05) is 20.8 Å². The molecule has 0 amide bonds. The monoisotopic (exact) mass is 211 g/mol. The van der Waals surface area contributed by atoms with Crippen LogP contribution in [-0.2, 0) is 0 Å². The van der Waals surface area contributed by atoms with Crippen molar-refractivity contribution in [3.8, 4) is 0 Å². The smallest absolute Gasteiger partial charge is 0.445 e. The van der Waals surface area contributed by atoms with Gasteiger partial charge in [-0.2, -0.15) is 11.8 Å². The number of rotatable bonds is 5. The summed E-state index contributed by atoms with van der Waals surface area (Å²) in [7, 11) is 0. The van der Waals surface area contributed by atoms with E-state index >= 15 is 0 Å². The third kappa shape index (κ3) is 5.29. The van der Waals surface area contributed by atoms with Crippen LogP contribution in [0.25, 0.3) is 0 Å². The average molecular weight is 211 g/mol. The van der Waals surface area contributed by atoms with Gasteiger partial charge in [0.2, 0.25) is 0 Å². The summed E-state index contributed by atoms with van der Waals surface area (Å²) in [5, 5.41) is 0.245. The van der Waals surface area contributed by atoms with Gasteiger partial charge >= 0.3 is 6.98 Å². The number of hydrogen-bond acceptors (Lipinski definition) is 1. The predicted molar refractivity (Wildman–Crippen MR) is 55.0 cm³/mol. The second-order valence-corrected chi connectivity index (χ2v) is 4.86. The Balaban J connectivity index is 3.84. The van der Waals surface area contributed by atoms with E-state index < -0.39 is 12.4 Å². The van der Waals surface area contributed by atoms with Crippen LogP contribution in [0.3, 0.4) is 0 Å². The molecule has 0 aliphatic carbocycles. The molecule has 0 radical (unpaired) electrons. The molecule has 1 atom stereocenters. The average Bonchev–Trinajstić information content (AvgIpc) is 1.97. The van der Waals surface area contributed by atoms with E-state index in [2.05, 4.69) is 6.58 Å². The van der Waals surface area contributed by atoms with Crippen LogP contribution in [-0.4, -0.2) is 18.0 Å². The van der Waals surface area contributed by atoms with Gasteiger partial charge < -0.3 is 12.9 Å². The summed E-state index contributed by atoms with van der Waals surface area (Å²) in [4.78, 5) is 0. The van der Waals surface area contributed by atoms with Gasteiger partial charge in [0.05, 0.1) is 0 Å². The summed E-state index contributed by atoms with van der Waals surface area (Å²) in [6.07, 6.45) is 0. The summed E-state index contributed by atoms with van der Waals surface area (Å²) in [6, 6.07) is 0. The molecule has 0 nitrogen and oxygen atoms in total. The third-order valence-corrected chi connectivity index (χ3v) is 3.54. The van der Waals surface area contributed by atoms with Gasteiger partial charge in [0.1, 0.15) is 0 Å². The van der Waals surface area contributed by atoms with E-state index in [9.17, 15) is 12.9 Å². The van der Waals surface area contributed by atoms with E-state index in [1.165, 1.54) is 11.8 Å². The fraction of sp³-hybridized carbons (Fsp3) is 0.750. The van der Waals surface area contributed by atoms with Crippen molar-refractivity contribution in [1.29, 1.82) is 0 Å². The minimum atomic E-state index is -4.84. The van der Waals surface area contributed by atoms with E-state index in [4.69, 9.17) is 0 Å². The minimum Gasteiger partial charge on any atom is -0.445 e. The molecule has 5 heteroatoms. The highest BCUT2D eigenvalue weighted by atomic mass is 32.2. The molecule has 0 aromatic rings. The maximum atomic E-state index is 12.1. The first kappa shape index (κ1) is 12.9. The van der Waals surface area contributed by atoms with Crippen molar-refractivity contribution in [2.75, 3.05) is 5.75 Å². The van der Waals surface area contributed by atoms with Gasteiger partial charge in [-0.3, -0.25) is 0 Å². The van der Waals surface area contributed by atoms with E-state index in [0.717, 1.165) is 0 Å². The van der Waals surface area contributed by atoms with Gasteiger partial charge in [0, 0.05) is 5.25 Å². The molecule has 0 spiro atoms. The van der Waals surface area contributed by atoms with Gasteiger partial charge in [-0.15, -0.1) is 12.1 Å². The first-order valence-electron chi connectivity index (χ1n) is 4.24. The zero-order valence-electron chi connectivity index (χ0n) is 8.19. The zero-order valence-corrected chi connectivity index (χ0v) is 9.00. The highest BCUT2D eigenvalue weighted by Gasteiger charge is 2.26. The Morgan fingerprint density at radius 1 is 1.31 bits per heavy atom. The molecule has 0 rings (SSSR count). The largest absolute Gasteiger partial charge is 0.505 e. The Morgan fingerprint density at radius 2 is 1.77 bits per heavy atom. The van der Waals surface area contributed by atoms with Gasteiger partial charge in [0.25, 0.3) is 0 Å². The van der Waals surface area contributed by atoms with Crippen LogP contribution in [0.2, 0.25) is 0 Å². The van der Waals surface area contributed by atoms with Crippen molar-refractivity contribution in [3.05, 3.63) is 12.1 Å². The first-order valence-corrected chi connectivity index (χ1v) is 5.29.